The molecule has 32 heavy (non-hydrogen) atoms. The van der Waals surface area contributed by atoms with Crippen molar-refractivity contribution in [3.05, 3.63) is 58.1 Å². The number of rotatable bonds is 6. The van der Waals surface area contributed by atoms with Gasteiger partial charge in [0, 0.05) is 66.0 Å². The van der Waals surface area contributed by atoms with Crippen LogP contribution in [0.1, 0.15) is 50.0 Å². The molecule has 0 aromatic heterocycles. The lowest BCUT2D eigenvalue weighted by Crippen LogP contribution is -2.45. The minimum absolute atomic E-state index is 0.346. The van der Waals surface area contributed by atoms with Crippen molar-refractivity contribution in [2.75, 3.05) is 37.6 Å². The van der Waals surface area contributed by atoms with Crippen molar-refractivity contribution in [1.29, 1.82) is 0 Å². The van der Waals surface area contributed by atoms with Gasteiger partial charge in [-0.15, -0.1) is 0 Å². The molecule has 3 heterocycles. The Bertz CT molecular complexity index is 964. The van der Waals surface area contributed by atoms with Gasteiger partial charge in [0.05, 0.1) is 0 Å². The second-order valence-corrected chi connectivity index (χ2v) is 10.2. The molecule has 0 aliphatic carbocycles. The van der Waals surface area contributed by atoms with Crippen LogP contribution in [0.15, 0.2) is 42.5 Å². The van der Waals surface area contributed by atoms with Gasteiger partial charge in [-0.05, 0) is 86.7 Å². The number of likely N-dealkylation sites (tertiary alicyclic amines) is 2. The Morgan fingerprint density at radius 2 is 1.69 bits per heavy atom. The summed E-state index contributed by atoms with van der Waals surface area (Å²) in [6, 6.07) is 15.0. The SMILES string of the molecule is O=C1CCCCN1CCCCN1CCC2C(C1)c1cc(Cl)ccc1N2c1ccc(Cl)cc1. The standard InChI is InChI=1S/C26H31Cl2N3O/c27-19-6-9-21(10-7-19)31-24-11-8-20(28)17-22(24)23-18-29(16-12-25(23)31)13-3-4-15-30-14-2-1-5-26(30)32/h6-11,17,23,25H,1-5,12-16,18H2. The number of fused-ring (bicyclic) bond motifs is 3. The number of amides is 1. The summed E-state index contributed by atoms with van der Waals surface area (Å²) >= 11 is 12.6. The molecule has 0 bridgehead atoms. The third kappa shape index (κ3) is 4.50. The molecule has 4 nitrogen and oxygen atoms in total. The Kier molecular flexibility index (Phi) is 6.64. The molecule has 2 aromatic carbocycles. The van der Waals surface area contributed by atoms with Crippen LogP contribution >= 0.6 is 23.2 Å². The maximum absolute atomic E-state index is 12.0. The van der Waals surface area contributed by atoms with E-state index in [1.54, 1.807) is 0 Å². The van der Waals surface area contributed by atoms with E-state index in [-0.39, 0.29) is 0 Å². The highest BCUT2D eigenvalue weighted by Crippen LogP contribution is 2.49. The van der Waals surface area contributed by atoms with Gasteiger partial charge in [0.2, 0.25) is 5.91 Å². The summed E-state index contributed by atoms with van der Waals surface area (Å²) in [5, 5.41) is 1.57. The van der Waals surface area contributed by atoms with Crippen molar-refractivity contribution in [2.45, 2.75) is 50.5 Å². The molecule has 2 fully saturated rings. The van der Waals surface area contributed by atoms with Crippen molar-refractivity contribution in [3.8, 4) is 0 Å². The topological polar surface area (TPSA) is 26.8 Å². The number of halogens is 2. The highest BCUT2D eigenvalue weighted by Gasteiger charge is 2.42. The molecule has 2 atom stereocenters. The van der Waals surface area contributed by atoms with Crippen LogP contribution in [0.2, 0.25) is 10.0 Å². The maximum Gasteiger partial charge on any atom is 0.222 e. The number of hydrogen-bond acceptors (Lipinski definition) is 3. The number of carbonyl (C=O) groups excluding carboxylic acids is 1. The van der Waals surface area contributed by atoms with Crippen LogP contribution in [0.4, 0.5) is 11.4 Å². The molecule has 2 saturated heterocycles. The lowest BCUT2D eigenvalue weighted by molar-refractivity contribution is -0.133. The Hall–Kier alpha value is -1.75. The highest BCUT2D eigenvalue weighted by molar-refractivity contribution is 6.31. The average molecular weight is 472 g/mol. The van der Waals surface area contributed by atoms with Gasteiger partial charge >= 0.3 is 0 Å². The van der Waals surface area contributed by atoms with Crippen LogP contribution in [0.3, 0.4) is 0 Å². The summed E-state index contributed by atoms with van der Waals surface area (Å²) in [7, 11) is 0. The van der Waals surface area contributed by atoms with Crippen LogP contribution in [-0.2, 0) is 4.79 Å². The number of hydrogen-bond donors (Lipinski definition) is 0. The van der Waals surface area contributed by atoms with E-state index in [4.69, 9.17) is 23.2 Å². The molecular weight excluding hydrogens is 441 g/mol. The molecular formula is C26H31Cl2N3O. The molecule has 2 aromatic rings. The number of carbonyl (C=O) groups is 1. The molecule has 0 saturated carbocycles. The zero-order chi connectivity index (χ0) is 22.1. The molecule has 170 valence electrons. The number of unbranched alkanes of at least 4 members (excludes halogenated alkanes) is 1. The zero-order valence-corrected chi connectivity index (χ0v) is 20.0. The van der Waals surface area contributed by atoms with E-state index < -0.39 is 0 Å². The maximum atomic E-state index is 12.0. The summed E-state index contributed by atoms with van der Waals surface area (Å²) in [5.74, 6) is 0.801. The van der Waals surface area contributed by atoms with Crippen LogP contribution in [-0.4, -0.2) is 54.5 Å². The Balaban J connectivity index is 1.24. The fraction of sp³-hybridized carbons (Fsp3) is 0.500. The smallest absolute Gasteiger partial charge is 0.222 e. The molecule has 1 amide bonds. The Morgan fingerprint density at radius 3 is 2.50 bits per heavy atom. The molecule has 0 spiro atoms. The first-order chi connectivity index (χ1) is 15.6. The van der Waals surface area contributed by atoms with Crippen molar-refractivity contribution >= 4 is 40.5 Å². The van der Waals surface area contributed by atoms with Crippen LogP contribution in [0, 0.1) is 0 Å². The lowest BCUT2D eigenvalue weighted by atomic mass is 9.89. The van der Waals surface area contributed by atoms with Gasteiger partial charge in [-0.25, -0.2) is 0 Å². The summed E-state index contributed by atoms with van der Waals surface area (Å²) in [6.07, 6.45) is 6.32. The van der Waals surface area contributed by atoms with Gasteiger partial charge in [0.25, 0.3) is 0 Å². The number of anilines is 2. The van der Waals surface area contributed by atoms with E-state index >= 15 is 0 Å². The lowest BCUT2D eigenvalue weighted by Gasteiger charge is -2.39. The summed E-state index contributed by atoms with van der Waals surface area (Å²) < 4.78 is 0. The van der Waals surface area contributed by atoms with E-state index in [1.165, 1.54) is 16.9 Å². The second-order valence-electron chi connectivity index (χ2n) is 9.36. The predicted octanol–water partition coefficient (Wildman–Crippen LogP) is 6.10. The van der Waals surface area contributed by atoms with Gasteiger partial charge in [-0.1, -0.05) is 23.2 Å². The molecule has 5 rings (SSSR count). The van der Waals surface area contributed by atoms with E-state index in [0.717, 1.165) is 81.3 Å². The molecule has 0 N–H and O–H groups in total. The number of piperidine rings is 2. The van der Waals surface area contributed by atoms with Gasteiger partial charge in [-0.2, -0.15) is 0 Å². The third-order valence-electron chi connectivity index (χ3n) is 7.32. The largest absolute Gasteiger partial charge is 0.343 e. The normalized spacial score (nSPS) is 23.4. The van der Waals surface area contributed by atoms with E-state index in [0.29, 0.717) is 17.9 Å². The molecule has 6 heteroatoms. The van der Waals surface area contributed by atoms with Crippen LogP contribution in [0.5, 0.6) is 0 Å². The Morgan fingerprint density at radius 1 is 0.906 bits per heavy atom. The quantitative estimate of drug-likeness (QED) is 0.476. The van der Waals surface area contributed by atoms with E-state index in [9.17, 15) is 4.79 Å². The number of nitrogens with zero attached hydrogens (tertiary/aromatic N) is 3. The van der Waals surface area contributed by atoms with Crippen LogP contribution in [0.25, 0.3) is 0 Å². The summed E-state index contributed by atoms with van der Waals surface area (Å²) in [5.41, 5.74) is 3.84. The van der Waals surface area contributed by atoms with Crippen molar-refractivity contribution in [3.63, 3.8) is 0 Å². The first-order valence-corrected chi connectivity index (χ1v) is 12.7. The first-order valence-electron chi connectivity index (χ1n) is 11.9. The summed E-state index contributed by atoms with van der Waals surface area (Å²) in [6.45, 7) is 5.13. The van der Waals surface area contributed by atoms with Gasteiger partial charge in [-0.3, -0.25) is 4.79 Å². The summed E-state index contributed by atoms with van der Waals surface area (Å²) in [4.78, 5) is 19.2. The fourth-order valence-electron chi connectivity index (χ4n) is 5.71. The second kappa shape index (κ2) is 9.62. The van der Waals surface area contributed by atoms with Gasteiger partial charge in [0.15, 0.2) is 0 Å². The van der Waals surface area contributed by atoms with Crippen molar-refractivity contribution in [2.24, 2.45) is 0 Å². The average Bonchev–Trinajstić information content (AvgIpc) is 3.11. The van der Waals surface area contributed by atoms with Crippen molar-refractivity contribution in [1.82, 2.24) is 9.80 Å². The molecule has 3 aliphatic heterocycles. The van der Waals surface area contributed by atoms with Gasteiger partial charge in [0.1, 0.15) is 0 Å². The monoisotopic (exact) mass is 471 g/mol. The third-order valence-corrected chi connectivity index (χ3v) is 7.81. The molecule has 2 unspecified atom stereocenters. The predicted molar refractivity (Wildman–Crippen MR) is 132 cm³/mol. The van der Waals surface area contributed by atoms with E-state index in [1.807, 2.05) is 18.2 Å². The highest BCUT2D eigenvalue weighted by atomic mass is 35.5. The van der Waals surface area contributed by atoms with Crippen molar-refractivity contribution < 1.29 is 4.79 Å². The Labute approximate surface area is 201 Å². The molecule has 0 radical (unpaired) electrons. The van der Waals surface area contributed by atoms with Crippen LogP contribution < -0.4 is 4.90 Å². The first kappa shape index (κ1) is 22.1. The zero-order valence-electron chi connectivity index (χ0n) is 18.5. The fourth-order valence-corrected chi connectivity index (χ4v) is 6.02. The van der Waals surface area contributed by atoms with E-state index in [2.05, 4.69) is 39.0 Å². The number of benzene rings is 2. The minimum atomic E-state index is 0.346. The minimum Gasteiger partial charge on any atom is -0.343 e. The van der Waals surface area contributed by atoms with Gasteiger partial charge < -0.3 is 14.7 Å². The molecule has 3 aliphatic rings.